The quantitative estimate of drug-likeness (QED) is 0.675. The number of ether oxygens (including phenoxy) is 1. The van der Waals surface area contributed by atoms with Crippen molar-refractivity contribution >= 4 is 27.3 Å². The Morgan fingerprint density at radius 2 is 1.79 bits per heavy atom. The standard InChI is InChI=1S/C20H16ClN3O3S/c1-2-27-20-16(12-22)17(13-8-10-14(21)11-9-13)18(19(23)24-20)28(25,26)15-6-4-3-5-7-15/h3-11H,2H2,1H3,(H2,23,24). The molecular formula is C20H16ClN3O3S. The van der Waals surface area contributed by atoms with Crippen molar-refractivity contribution < 1.29 is 13.2 Å². The van der Waals surface area contributed by atoms with Crippen LogP contribution in [0.2, 0.25) is 5.02 Å². The number of rotatable bonds is 5. The molecule has 0 radical (unpaired) electrons. The van der Waals surface area contributed by atoms with E-state index in [1.165, 1.54) is 12.1 Å². The topological polar surface area (TPSA) is 106 Å². The van der Waals surface area contributed by atoms with E-state index in [0.29, 0.717) is 10.6 Å². The molecule has 0 aliphatic carbocycles. The van der Waals surface area contributed by atoms with Crippen LogP contribution in [-0.2, 0) is 9.84 Å². The molecule has 0 spiro atoms. The van der Waals surface area contributed by atoms with Gasteiger partial charge in [-0.1, -0.05) is 41.9 Å². The molecule has 0 saturated heterocycles. The first-order valence-electron chi connectivity index (χ1n) is 8.32. The Morgan fingerprint density at radius 1 is 1.14 bits per heavy atom. The summed E-state index contributed by atoms with van der Waals surface area (Å²) in [7, 11) is -4.05. The van der Waals surface area contributed by atoms with Crippen LogP contribution in [0.4, 0.5) is 5.82 Å². The maximum atomic E-state index is 13.4. The van der Waals surface area contributed by atoms with Gasteiger partial charge in [0.1, 0.15) is 22.3 Å². The minimum absolute atomic E-state index is 0.00659. The zero-order chi connectivity index (χ0) is 20.3. The molecule has 6 nitrogen and oxygen atoms in total. The number of sulfone groups is 1. The summed E-state index contributed by atoms with van der Waals surface area (Å²) in [6, 6.07) is 16.3. The number of anilines is 1. The summed E-state index contributed by atoms with van der Waals surface area (Å²) < 4.78 is 32.1. The summed E-state index contributed by atoms with van der Waals surface area (Å²) in [5.74, 6) is -0.254. The number of benzene rings is 2. The van der Waals surface area contributed by atoms with Gasteiger partial charge in [0.25, 0.3) is 0 Å². The zero-order valence-electron chi connectivity index (χ0n) is 14.9. The van der Waals surface area contributed by atoms with Crippen molar-refractivity contribution in [3.05, 3.63) is 65.2 Å². The molecule has 0 unspecified atom stereocenters. The van der Waals surface area contributed by atoms with E-state index >= 15 is 0 Å². The molecule has 0 aliphatic heterocycles. The Morgan fingerprint density at radius 3 is 2.36 bits per heavy atom. The number of nitrogens with two attached hydrogens (primary N) is 1. The van der Waals surface area contributed by atoms with E-state index in [2.05, 4.69) is 4.98 Å². The summed E-state index contributed by atoms with van der Waals surface area (Å²) in [5.41, 5.74) is 6.66. The maximum absolute atomic E-state index is 13.4. The van der Waals surface area contributed by atoms with Gasteiger partial charge in [0.05, 0.1) is 11.5 Å². The zero-order valence-corrected chi connectivity index (χ0v) is 16.5. The molecule has 0 fully saturated rings. The molecule has 28 heavy (non-hydrogen) atoms. The number of hydrogen-bond acceptors (Lipinski definition) is 6. The molecule has 8 heteroatoms. The molecule has 1 aromatic heterocycles. The van der Waals surface area contributed by atoms with Crippen LogP contribution in [-0.4, -0.2) is 20.0 Å². The summed E-state index contributed by atoms with van der Waals surface area (Å²) in [6.45, 7) is 1.97. The van der Waals surface area contributed by atoms with E-state index in [9.17, 15) is 13.7 Å². The predicted molar refractivity (Wildman–Crippen MR) is 107 cm³/mol. The Labute approximate surface area is 168 Å². The molecular weight excluding hydrogens is 398 g/mol. The first-order valence-corrected chi connectivity index (χ1v) is 10.2. The molecule has 0 atom stereocenters. The second-order valence-electron chi connectivity index (χ2n) is 5.75. The molecule has 0 aliphatic rings. The third-order valence-electron chi connectivity index (χ3n) is 3.99. The van der Waals surface area contributed by atoms with Crippen LogP contribution in [0.1, 0.15) is 12.5 Å². The van der Waals surface area contributed by atoms with Crippen LogP contribution in [0.5, 0.6) is 5.88 Å². The third kappa shape index (κ3) is 3.52. The van der Waals surface area contributed by atoms with Crippen LogP contribution < -0.4 is 10.5 Å². The normalized spacial score (nSPS) is 11.0. The van der Waals surface area contributed by atoms with Gasteiger partial charge < -0.3 is 10.5 Å². The lowest BCUT2D eigenvalue weighted by Gasteiger charge is -2.17. The number of halogens is 1. The van der Waals surface area contributed by atoms with Crippen molar-refractivity contribution in [1.29, 1.82) is 5.26 Å². The molecule has 2 aromatic carbocycles. The molecule has 3 rings (SSSR count). The fraction of sp³-hybridized carbons (Fsp3) is 0.100. The van der Waals surface area contributed by atoms with Crippen molar-refractivity contribution in [2.45, 2.75) is 16.7 Å². The molecule has 0 amide bonds. The Hall–Kier alpha value is -3.08. The van der Waals surface area contributed by atoms with E-state index in [0.717, 1.165) is 0 Å². The first-order chi connectivity index (χ1) is 13.4. The number of hydrogen-bond donors (Lipinski definition) is 1. The fourth-order valence-electron chi connectivity index (χ4n) is 2.79. The molecule has 0 bridgehead atoms. The van der Waals surface area contributed by atoms with Crippen molar-refractivity contribution in [2.75, 3.05) is 12.3 Å². The smallest absolute Gasteiger partial charge is 0.234 e. The SMILES string of the molecule is CCOc1nc(N)c(S(=O)(=O)c2ccccc2)c(-c2ccc(Cl)cc2)c1C#N. The van der Waals surface area contributed by atoms with Crippen LogP contribution in [0.3, 0.4) is 0 Å². The fourth-order valence-corrected chi connectivity index (χ4v) is 4.48. The summed E-state index contributed by atoms with van der Waals surface area (Å²) >= 11 is 5.97. The third-order valence-corrected chi connectivity index (χ3v) is 6.09. The van der Waals surface area contributed by atoms with Crippen molar-refractivity contribution in [1.82, 2.24) is 4.98 Å². The minimum Gasteiger partial charge on any atom is -0.477 e. The lowest BCUT2D eigenvalue weighted by molar-refractivity contribution is 0.326. The van der Waals surface area contributed by atoms with Gasteiger partial charge in [-0.3, -0.25) is 0 Å². The lowest BCUT2D eigenvalue weighted by atomic mass is 10.0. The van der Waals surface area contributed by atoms with Crippen molar-refractivity contribution in [2.24, 2.45) is 0 Å². The monoisotopic (exact) mass is 413 g/mol. The van der Waals surface area contributed by atoms with E-state index in [1.54, 1.807) is 49.4 Å². The van der Waals surface area contributed by atoms with E-state index in [4.69, 9.17) is 22.1 Å². The van der Waals surface area contributed by atoms with Gasteiger partial charge >= 0.3 is 0 Å². The van der Waals surface area contributed by atoms with Gasteiger partial charge in [0, 0.05) is 10.6 Å². The Kier molecular flexibility index (Phi) is 5.54. The Bertz CT molecular complexity index is 1160. The molecule has 1 heterocycles. The second-order valence-corrected chi connectivity index (χ2v) is 8.07. The number of nitriles is 1. The average Bonchev–Trinajstić information content (AvgIpc) is 2.69. The molecule has 0 saturated carbocycles. The number of nitrogens with zero attached hydrogens (tertiary/aromatic N) is 2. The number of pyridine rings is 1. The van der Waals surface area contributed by atoms with E-state index in [-0.39, 0.29) is 39.2 Å². The van der Waals surface area contributed by atoms with Gasteiger partial charge in [0.15, 0.2) is 0 Å². The molecule has 142 valence electrons. The molecule has 2 N–H and O–H groups in total. The van der Waals surface area contributed by atoms with Gasteiger partial charge in [-0.05, 0) is 36.8 Å². The summed E-state index contributed by atoms with van der Waals surface area (Å²) in [6.07, 6.45) is 0. The van der Waals surface area contributed by atoms with Crippen LogP contribution in [0, 0.1) is 11.3 Å². The summed E-state index contributed by atoms with van der Waals surface area (Å²) in [4.78, 5) is 3.87. The first kappa shape index (κ1) is 19.7. The van der Waals surface area contributed by atoms with Gasteiger partial charge in [0.2, 0.25) is 15.7 Å². The van der Waals surface area contributed by atoms with Crippen LogP contribution in [0.25, 0.3) is 11.1 Å². The predicted octanol–water partition coefficient (Wildman–Crippen LogP) is 4.09. The maximum Gasteiger partial charge on any atom is 0.234 e. The minimum atomic E-state index is -4.05. The van der Waals surface area contributed by atoms with Crippen molar-refractivity contribution in [3.63, 3.8) is 0 Å². The summed E-state index contributed by atoms with van der Waals surface area (Å²) in [5, 5.41) is 10.2. The Balaban J connectivity index is 2.43. The van der Waals surface area contributed by atoms with Gasteiger partial charge in [-0.2, -0.15) is 10.2 Å². The highest BCUT2D eigenvalue weighted by atomic mass is 35.5. The van der Waals surface area contributed by atoms with Gasteiger partial charge in [-0.25, -0.2) is 8.42 Å². The average molecular weight is 414 g/mol. The van der Waals surface area contributed by atoms with E-state index < -0.39 is 9.84 Å². The lowest BCUT2D eigenvalue weighted by Crippen LogP contribution is -2.12. The highest BCUT2D eigenvalue weighted by molar-refractivity contribution is 7.91. The highest BCUT2D eigenvalue weighted by Gasteiger charge is 2.30. The largest absolute Gasteiger partial charge is 0.477 e. The van der Waals surface area contributed by atoms with Crippen LogP contribution >= 0.6 is 11.6 Å². The number of aromatic nitrogens is 1. The van der Waals surface area contributed by atoms with Crippen molar-refractivity contribution in [3.8, 4) is 23.1 Å². The number of nitrogen functional groups attached to an aromatic ring is 1. The van der Waals surface area contributed by atoms with Crippen LogP contribution in [0.15, 0.2) is 64.4 Å². The van der Waals surface area contributed by atoms with E-state index in [1.807, 2.05) is 6.07 Å². The highest BCUT2D eigenvalue weighted by Crippen LogP contribution is 2.40. The van der Waals surface area contributed by atoms with Gasteiger partial charge in [-0.15, -0.1) is 0 Å². The second kappa shape index (κ2) is 7.89. The molecule has 3 aromatic rings.